The van der Waals surface area contributed by atoms with Crippen molar-refractivity contribution < 1.29 is 0 Å². The summed E-state index contributed by atoms with van der Waals surface area (Å²) >= 11 is 0. The summed E-state index contributed by atoms with van der Waals surface area (Å²) in [5, 5.41) is 6.16. The van der Waals surface area contributed by atoms with Gasteiger partial charge in [-0.3, -0.25) is 4.98 Å². The number of hydrogen-bond acceptors (Lipinski definition) is 2. The van der Waals surface area contributed by atoms with Crippen molar-refractivity contribution >= 4 is 10.8 Å². The highest BCUT2D eigenvalue weighted by atomic mass is 14.9. The van der Waals surface area contributed by atoms with Crippen molar-refractivity contribution in [3.05, 3.63) is 42.2 Å². The molecule has 0 unspecified atom stereocenters. The molecule has 0 saturated heterocycles. The largest absolute Gasteiger partial charge is 0.310 e. The molecule has 3 rings (SSSR count). The molecule has 1 aliphatic rings. The normalized spacial score (nSPS) is 16.2. The Morgan fingerprint density at radius 2 is 2.19 bits per heavy atom. The Morgan fingerprint density at radius 3 is 3.00 bits per heavy atom. The van der Waals surface area contributed by atoms with Crippen LogP contribution in [0, 0.1) is 0 Å². The third kappa shape index (κ3) is 1.81. The minimum Gasteiger partial charge on any atom is -0.310 e. The van der Waals surface area contributed by atoms with Crippen LogP contribution in [0.25, 0.3) is 10.8 Å². The van der Waals surface area contributed by atoms with E-state index < -0.39 is 0 Å². The van der Waals surface area contributed by atoms with Gasteiger partial charge < -0.3 is 5.32 Å². The van der Waals surface area contributed by atoms with E-state index in [4.69, 9.17) is 0 Å². The molecule has 2 aromatic rings. The van der Waals surface area contributed by atoms with Gasteiger partial charge in [0.2, 0.25) is 0 Å². The first-order valence-electron chi connectivity index (χ1n) is 5.98. The zero-order valence-corrected chi connectivity index (χ0v) is 9.32. The van der Waals surface area contributed by atoms with E-state index in [0.29, 0.717) is 0 Å². The van der Waals surface area contributed by atoms with Crippen molar-refractivity contribution in [2.75, 3.05) is 0 Å². The standard InChI is InChI=1S/C14H16N2/c1-3-11-9-15-8-7-14(11)12(4-1)10-16-13-5-2-6-13/h1,3-4,7-9,13,16H,2,5-6,10H2. The monoisotopic (exact) mass is 212 g/mol. The molecule has 0 spiro atoms. The van der Waals surface area contributed by atoms with E-state index in [1.54, 1.807) is 0 Å². The van der Waals surface area contributed by atoms with Gasteiger partial charge in [0.1, 0.15) is 0 Å². The molecule has 1 saturated carbocycles. The average molecular weight is 212 g/mol. The van der Waals surface area contributed by atoms with Crippen LogP contribution in [-0.4, -0.2) is 11.0 Å². The summed E-state index contributed by atoms with van der Waals surface area (Å²) in [4.78, 5) is 4.16. The predicted molar refractivity (Wildman–Crippen MR) is 66.2 cm³/mol. The molecule has 82 valence electrons. The van der Waals surface area contributed by atoms with Crippen LogP contribution in [0.4, 0.5) is 0 Å². The smallest absolute Gasteiger partial charge is 0.0346 e. The fourth-order valence-corrected chi connectivity index (χ4v) is 2.21. The SMILES string of the molecule is c1cc(CNC2CCC2)c2ccncc2c1. The summed E-state index contributed by atoms with van der Waals surface area (Å²) in [7, 11) is 0. The van der Waals surface area contributed by atoms with Crippen LogP contribution in [0.15, 0.2) is 36.7 Å². The summed E-state index contributed by atoms with van der Waals surface area (Å²) in [6.07, 6.45) is 7.87. The first-order chi connectivity index (χ1) is 7.93. The number of rotatable bonds is 3. The maximum atomic E-state index is 4.16. The lowest BCUT2D eigenvalue weighted by atomic mass is 9.93. The van der Waals surface area contributed by atoms with E-state index in [9.17, 15) is 0 Å². The number of pyridine rings is 1. The van der Waals surface area contributed by atoms with Gasteiger partial charge in [0.25, 0.3) is 0 Å². The average Bonchev–Trinajstić information content (AvgIpc) is 2.27. The minimum absolute atomic E-state index is 0.747. The molecule has 1 N–H and O–H groups in total. The van der Waals surface area contributed by atoms with E-state index in [1.165, 1.54) is 35.6 Å². The van der Waals surface area contributed by atoms with Crippen molar-refractivity contribution in [3.8, 4) is 0 Å². The molecule has 1 fully saturated rings. The molecule has 16 heavy (non-hydrogen) atoms. The van der Waals surface area contributed by atoms with Gasteiger partial charge in [-0.2, -0.15) is 0 Å². The van der Waals surface area contributed by atoms with Crippen LogP contribution in [0.2, 0.25) is 0 Å². The molecule has 0 atom stereocenters. The maximum absolute atomic E-state index is 4.16. The fourth-order valence-electron chi connectivity index (χ4n) is 2.21. The van der Waals surface area contributed by atoms with Crippen LogP contribution in [0.1, 0.15) is 24.8 Å². The molecule has 1 aromatic carbocycles. The van der Waals surface area contributed by atoms with E-state index >= 15 is 0 Å². The summed E-state index contributed by atoms with van der Waals surface area (Å²) in [5.41, 5.74) is 1.38. The molecule has 1 heterocycles. The maximum Gasteiger partial charge on any atom is 0.0346 e. The van der Waals surface area contributed by atoms with E-state index in [2.05, 4.69) is 34.6 Å². The van der Waals surface area contributed by atoms with Crippen LogP contribution < -0.4 is 5.32 Å². The number of nitrogens with one attached hydrogen (secondary N) is 1. The van der Waals surface area contributed by atoms with E-state index in [0.717, 1.165) is 12.6 Å². The van der Waals surface area contributed by atoms with E-state index in [-0.39, 0.29) is 0 Å². The second kappa shape index (κ2) is 4.22. The van der Waals surface area contributed by atoms with E-state index in [1.807, 2.05) is 12.4 Å². The molecule has 0 aliphatic heterocycles. The molecule has 2 heteroatoms. The third-order valence-electron chi connectivity index (χ3n) is 3.46. The lowest BCUT2D eigenvalue weighted by molar-refractivity contribution is 0.338. The first kappa shape index (κ1) is 9.79. The van der Waals surface area contributed by atoms with Gasteiger partial charge in [0.15, 0.2) is 0 Å². The summed E-state index contributed by atoms with van der Waals surface area (Å²) in [6.45, 7) is 0.978. The Hall–Kier alpha value is -1.41. The molecule has 1 aromatic heterocycles. The van der Waals surface area contributed by atoms with Gasteiger partial charge in [-0.1, -0.05) is 24.6 Å². The molecule has 0 radical (unpaired) electrons. The highest BCUT2D eigenvalue weighted by molar-refractivity contribution is 5.84. The number of fused-ring (bicyclic) bond motifs is 1. The van der Waals surface area contributed by atoms with Crippen LogP contribution >= 0.6 is 0 Å². The van der Waals surface area contributed by atoms with Crippen LogP contribution in [-0.2, 0) is 6.54 Å². The summed E-state index contributed by atoms with van der Waals surface area (Å²) in [5.74, 6) is 0. The minimum atomic E-state index is 0.747. The van der Waals surface area contributed by atoms with Gasteiger partial charge in [0.05, 0.1) is 0 Å². The van der Waals surface area contributed by atoms with Crippen LogP contribution in [0.3, 0.4) is 0 Å². The third-order valence-corrected chi connectivity index (χ3v) is 3.46. The van der Waals surface area contributed by atoms with Crippen molar-refractivity contribution in [2.24, 2.45) is 0 Å². The molecule has 2 nitrogen and oxygen atoms in total. The van der Waals surface area contributed by atoms with Crippen molar-refractivity contribution in [2.45, 2.75) is 31.8 Å². The Balaban J connectivity index is 1.84. The molecular formula is C14H16N2. The number of hydrogen-bond donors (Lipinski definition) is 1. The van der Waals surface area contributed by atoms with Crippen molar-refractivity contribution in [3.63, 3.8) is 0 Å². The zero-order chi connectivity index (χ0) is 10.8. The highest BCUT2D eigenvalue weighted by Gasteiger charge is 2.16. The second-order valence-corrected chi connectivity index (χ2v) is 4.52. The highest BCUT2D eigenvalue weighted by Crippen LogP contribution is 2.21. The molecular weight excluding hydrogens is 196 g/mol. The predicted octanol–water partition coefficient (Wildman–Crippen LogP) is 2.88. The number of benzene rings is 1. The number of nitrogens with zero attached hydrogens (tertiary/aromatic N) is 1. The lowest BCUT2D eigenvalue weighted by Crippen LogP contribution is -2.34. The number of aromatic nitrogens is 1. The van der Waals surface area contributed by atoms with Gasteiger partial charge in [-0.05, 0) is 29.9 Å². The molecule has 1 aliphatic carbocycles. The summed E-state index contributed by atoms with van der Waals surface area (Å²) in [6, 6.07) is 9.29. The van der Waals surface area contributed by atoms with Crippen molar-refractivity contribution in [1.29, 1.82) is 0 Å². The van der Waals surface area contributed by atoms with Gasteiger partial charge >= 0.3 is 0 Å². The Bertz CT molecular complexity index is 484. The Morgan fingerprint density at radius 1 is 1.25 bits per heavy atom. The van der Waals surface area contributed by atoms with Gasteiger partial charge in [-0.25, -0.2) is 0 Å². The topological polar surface area (TPSA) is 24.9 Å². The zero-order valence-electron chi connectivity index (χ0n) is 9.32. The van der Waals surface area contributed by atoms with Gasteiger partial charge in [-0.15, -0.1) is 0 Å². The second-order valence-electron chi connectivity index (χ2n) is 4.52. The fraction of sp³-hybridized carbons (Fsp3) is 0.357. The van der Waals surface area contributed by atoms with Crippen molar-refractivity contribution in [1.82, 2.24) is 10.3 Å². The lowest BCUT2D eigenvalue weighted by Gasteiger charge is -2.26. The summed E-state index contributed by atoms with van der Waals surface area (Å²) < 4.78 is 0. The molecule has 0 amide bonds. The molecule has 0 bridgehead atoms. The Kier molecular flexibility index (Phi) is 2.58. The van der Waals surface area contributed by atoms with Gasteiger partial charge in [0, 0.05) is 30.4 Å². The first-order valence-corrected chi connectivity index (χ1v) is 5.98. The van der Waals surface area contributed by atoms with Crippen LogP contribution in [0.5, 0.6) is 0 Å². The Labute approximate surface area is 95.7 Å². The quantitative estimate of drug-likeness (QED) is 0.846.